The van der Waals surface area contributed by atoms with Crippen LogP contribution in [0.5, 0.6) is 0 Å². The van der Waals surface area contributed by atoms with Crippen molar-refractivity contribution in [2.45, 2.75) is 116 Å². The molecule has 0 fully saturated rings. The summed E-state index contributed by atoms with van der Waals surface area (Å²) in [4.78, 5) is 8.00. The number of hydrogen-bond donors (Lipinski definition) is 0. The molecule has 0 radical (unpaired) electrons. The quantitative estimate of drug-likeness (QED) is 0.163. The van der Waals surface area contributed by atoms with Gasteiger partial charge >= 0.3 is 0 Å². The molecule has 0 bridgehead atoms. The third kappa shape index (κ3) is 6.47. The summed E-state index contributed by atoms with van der Waals surface area (Å²) in [6, 6.07) is 68.2. The van der Waals surface area contributed by atoms with Gasteiger partial charge in [0.2, 0.25) is 0 Å². The molecule has 3 aliphatic heterocycles. The first kappa shape index (κ1) is 44.4. The molecule has 0 saturated heterocycles. The topological polar surface area (TPSA) is 9.72 Å². The second kappa shape index (κ2) is 15.4. The monoisotopic (exact) mass is 912 g/mol. The summed E-state index contributed by atoms with van der Waals surface area (Å²) >= 11 is 0. The number of para-hydroxylation sites is 2. The molecule has 0 aromatic heterocycles. The molecule has 348 valence electrons. The Kier molecular flexibility index (Phi) is 9.75. The van der Waals surface area contributed by atoms with Crippen LogP contribution < -0.4 is 31.1 Å². The number of anilines is 8. The third-order valence-electron chi connectivity index (χ3n) is 17.0. The van der Waals surface area contributed by atoms with Gasteiger partial charge < -0.3 is 14.7 Å². The first-order valence-corrected chi connectivity index (χ1v) is 25.7. The van der Waals surface area contributed by atoms with Gasteiger partial charge in [0.25, 0.3) is 6.71 Å². The van der Waals surface area contributed by atoms with E-state index in [-0.39, 0.29) is 33.9 Å². The van der Waals surface area contributed by atoms with Crippen molar-refractivity contribution in [1.82, 2.24) is 0 Å². The highest BCUT2D eigenvalue weighted by Gasteiger charge is 2.60. The van der Waals surface area contributed by atoms with E-state index < -0.39 is 0 Å². The van der Waals surface area contributed by atoms with E-state index in [0.29, 0.717) is 0 Å². The summed E-state index contributed by atoms with van der Waals surface area (Å²) in [5.41, 5.74) is 23.9. The first-order valence-electron chi connectivity index (χ1n) is 25.7. The molecule has 2 atom stereocenters. The summed E-state index contributed by atoms with van der Waals surface area (Å²) in [5, 5.41) is 0. The van der Waals surface area contributed by atoms with E-state index in [0.717, 1.165) is 12.8 Å². The van der Waals surface area contributed by atoms with E-state index in [1.54, 1.807) is 0 Å². The maximum absolute atomic E-state index is 2.75. The van der Waals surface area contributed by atoms with Crippen LogP contribution >= 0.6 is 0 Å². The second-order valence-corrected chi connectivity index (χ2v) is 24.1. The van der Waals surface area contributed by atoms with Gasteiger partial charge in [0, 0.05) is 50.8 Å². The molecular weight excluding hydrogens is 846 g/mol. The SMILES string of the molecule is CC(C)(C)c1ccc(N2c3ccc(C(C)(C)C)cc3B3c4ccccc4N(c4ccc(C(C)(C)C)cc4-c4ccccc4)c4cc(N5c6ccccc6C6(C)CCc7ccccc7C56C)cc2c43)cc1. The van der Waals surface area contributed by atoms with Gasteiger partial charge in [-0.05, 0) is 146 Å². The summed E-state index contributed by atoms with van der Waals surface area (Å²) in [6.07, 6.45) is 2.13. The smallest absolute Gasteiger partial charge is 0.252 e. The maximum Gasteiger partial charge on any atom is 0.252 e. The number of fused-ring (bicyclic) bond motifs is 9. The molecule has 0 amide bonds. The fourth-order valence-electron chi connectivity index (χ4n) is 12.9. The van der Waals surface area contributed by atoms with Crippen LogP contribution in [-0.4, -0.2) is 6.71 Å². The minimum absolute atomic E-state index is 0.00922. The van der Waals surface area contributed by atoms with E-state index in [1.807, 2.05) is 0 Å². The predicted molar refractivity (Wildman–Crippen MR) is 300 cm³/mol. The van der Waals surface area contributed by atoms with Crippen LogP contribution in [0.25, 0.3) is 11.1 Å². The van der Waals surface area contributed by atoms with E-state index in [1.165, 1.54) is 106 Å². The molecule has 4 heteroatoms. The lowest BCUT2D eigenvalue weighted by molar-refractivity contribution is 0.245. The van der Waals surface area contributed by atoms with Crippen molar-refractivity contribution in [2.75, 3.05) is 14.7 Å². The third-order valence-corrected chi connectivity index (χ3v) is 17.0. The van der Waals surface area contributed by atoms with E-state index in [4.69, 9.17) is 0 Å². The van der Waals surface area contributed by atoms with Gasteiger partial charge in [0.15, 0.2) is 0 Å². The molecular formula is C66H66BN3. The van der Waals surface area contributed by atoms with Gasteiger partial charge in [-0.3, -0.25) is 0 Å². The highest BCUT2D eigenvalue weighted by atomic mass is 15.3. The summed E-state index contributed by atoms with van der Waals surface area (Å²) in [6.45, 7) is 26.0. The highest BCUT2D eigenvalue weighted by molar-refractivity contribution is 7.00. The minimum Gasteiger partial charge on any atom is -0.330 e. The van der Waals surface area contributed by atoms with Crippen molar-refractivity contribution in [3.05, 3.63) is 209 Å². The Morgan fingerprint density at radius 1 is 0.429 bits per heavy atom. The summed E-state index contributed by atoms with van der Waals surface area (Å²) < 4.78 is 0. The average molecular weight is 912 g/mol. The van der Waals surface area contributed by atoms with Crippen molar-refractivity contribution in [1.29, 1.82) is 0 Å². The van der Waals surface area contributed by atoms with Crippen LogP contribution in [0.1, 0.15) is 116 Å². The largest absolute Gasteiger partial charge is 0.330 e. The lowest BCUT2D eigenvalue weighted by Gasteiger charge is -2.52. The zero-order valence-corrected chi connectivity index (χ0v) is 43.1. The van der Waals surface area contributed by atoms with E-state index in [9.17, 15) is 0 Å². The predicted octanol–water partition coefficient (Wildman–Crippen LogP) is 15.6. The fraction of sp³-hybridized carbons (Fsp3) is 0.273. The van der Waals surface area contributed by atoms with Crippen LogP contribution in [0.15, 0.2) is 176 Å². The normalized spacial score (nSPS) is 19.0. The number of benzene rings is 8. The second-order valence-electron chi connectivity index (χ2n) is 24.1. The van der Waals surface area contributed by atoms with Crippen LogP contribution in [0.2, 0.25) is 0 Å². The zero-order chi connectivity index (χ0) is 48.7. The maximum atomic E-state index is 2.75. The number of nitrogens with zero attached hydrogens (tertiary/aromatic N) is 3. The molecule has 3 nitrogen and oxygen atoms in total. The van der Waals surface area contributed by atoms with Crippen molar-refractivity contribution >= 4 is 68.6 Å². The Morgan fingerprint density at radius 2 is 0.971 bits per heavy atom. The zero-order valence-electron chi connectivity index (χ0n) is 43.1. The van der Waals surface area contributed by atoms with Crippen molar-refractivity contribution in [3.63, 3.8) is 0 Å². The van der Waals surface area contributed by atoms with Gasteiger partial charge in [0.05, 0.1) is 11.2 Å². The Hall–Kier alpha value is -6.78. The number of rotatable bonds is 4. The van der Waals surface area contributed by atoms with Gasteiger partial charge in [-0.25, -0.2) is 0 Å². The molecule has 12 rings (SSSR count). The fourth-order valence-corrected chi connectivity index (χ4v) is 12.9. The molecule has 8 aromatic rings. The molecule has 70 heavy (non-hydrogen) atoms. The number of hydrogen-bond acceptors (Lipinski definition) is 3. The van der Waals surface area contributed by atoms with Crippen molar-refractivity contribution < 1.29 is 0 Å². The van der Waals surface area contributed by atoms with Crippen LogP contribution in [-0.2, 0) is 33.6 Å². The number of aryl methyl sites for hydroxylation is 1. The summed E-state index contributed by atoms with van der Waals surface area (Å²) in [7, 11) is 0. The van der Waals surface area contributed by atoms with E-state index in [2.05, 4.69) is 267 Å². The molecule has 0 saturated carbocycles. The summed E-state index contributed by atoms with van der Waals surface area (Å²) in [5.74, 6) is 0. The lowest BCUT2D eigenvalue weighted by atomic mass is 9.33. The van der Waals surface area contributed by atoms with Crippen LogP contribution in [0, 0.1) is 0 Å². The van der Waals surface area contributed by atoms with Gasteiger partial charge in [-0.1, -0.05) is 191 Å². The van der Waals surface area contributed by atoms with Crippen molar-refractivity contribution in [2.24, 2.45) is 0 Å². The average Bonchev–Trinajstić information content (AvgIpc) is 3.56. The van der Waals surface area contributed by atoms with Crippen LogP contribution in [0.4, 0.5) is 45.5 Å². The van der Waals surface area contributed by atoms with Crippen LogP contribution in [0.3, 0.4) is 0 Å². The lowest BCUT2D eigenvalue weighted by Crippen LogP contribution is -2.61. The molecule has 3 heterocycles. The minimum atomic E-state index is -0.375. The Labute approximate surface area is 417 Å². The Bertz CT molecular complexity index is 3380. The van der Waals surface area contributed by atoms with Gasteiger partial charge in [0.1, 0.15) is 0 Å². The highest BCUT2D eigenvalue weighted by Crippen LogP contribution is 2.64. The standard InChI is InChI=1S/C66H66BN3/c1-62(2,3)45-29-33-48(34-30-45)68-58-36-32-47(64(7,8)9)40-54(58)67-53-26-18-20-28-57(53)69(55-35-31-46(63(4,5)6)39-50(55)43-21-13-12-14-22-43)60-42-49(41-59(68)61(60)67)70-56-27-19-17-25-52(56)65(10)38-37-44-23-15-16-24-51(44)66(65,70)11/h12-36,39-42H,37-38H2,1-11H3. The molecule has 1 aliphatic carbocycles. The molecule has 4 aliphatic rings. The Morgan fingerprint density at radius 3 is 1.66 bits per heavy atom. The van der Waals surface area contributed by atoms with E-state index >= 15 is 0 Å². The molecule has 0 N–H and O–H groups in total. The van der Waals surface area contributed by atoms with Crippen molar-refractivity contribution in [3.8, 4) is 11.1 Å². The molecule has 8 aromatic carbocycles. The van der Waals surface area contributed by atoms with Gasteiger partial charge in [-0.15, -0.1) is 0 Å². The first-order chi connectivity index (χ1) is 33.4. The Balaban J connectivity index is 1.23. The molecule has 2 unspecified atom stereocenters. The molecule has 0 spiro atoms. The van der Waals surface area contributed by atoms with Gasteiger partial charge in [-0.2, -0.15) is 0 Å².